The van der Waals surface area contributed by atoms with Crippen molar-refractivity contribution in [2.45, 2.75) is 38.1 Å². The maximum atomic E-state index is 13.9. The molecule has 7 nitrogen and oxygen atoms in total. The zero-order chi connectivity index (χ0) is 21.5. The van der Waals surface area contributed by atoms with Crippen molar-refractivity contribution in [3.63, 3.8) is 0 Å². The molecule has 1 N–H and O–H groups in total. The summed E-state index contributed by atoms with van der Waals surface area (Å²) < 4.78 is 24.7. The van der Waals surface area contributed by atoms with Gasteiger partial charge in [0.1, 0.15) is 11.6 Å². The van der Waals surface area contributed by atoms with Crippen LogP contribution in [0.3, 0.4) is 0 Å². The molecule has 3 rings (SSSR count). The molecule has 1 aliphatic rings. The fourth-order valence-electron chi connectivity index (χ4n) is 3.20. The summed E-state index contributed by atoms with van der Waals surface area (Å²) in [5, 5.41) is 12.2. The third kappa shape index (κ3) is 5.45. The summed E-state index contributed by atoms with van der Waals surface area (Å²) in [5.41, 5.74) is 0.467. The van der Waals surface area contributed by atoms with E-state index >= 15 is 0 Å². The van der Waals surface area contributed by atoms with E-state index in [9.17, 15) is 14.4 Å². The van der Waals surface area contributed by atoms with Crippen molar-refractivity contribution >= 4 is 23.6 Å². The maximum absolute atomic E-state index is 13.9. The molecule has 1 fully saturated rings. The van der Waals surface area contributed by atoms with Crippen LogP contribution in [-0.2, 0) is 4.79 Å². The number of nitrogens with one attached hydrogen (secondary N) is 1. The lowest BCUT2D eigenvalue weighted by molar-refractivity contribution is -0.117. The van der Waals surface area contributed by atoms with Crippen LogP contribution >= 0.6 is 11.6 Å². The van der Waals surface area contributed by atoms with Crippen molar-refractivity contribution in [3.8, 4) is 23.4 Å². The Bertz CT molecular complexity index is 1000. The van der Waals surface area contributed by atoms with Gasteiger partial charge >= 0.3 is 0 Å². The minimum atomic E-state index is -0.799. The number of nitrogens with zero attached hydrogens (tertiary/aromatic N) is 3. The zero-order valence-corrected chi connectivity index (χ0v) is 17.1. The van der Waals surface area contributed by atoms with Gasteiger partial charge in [0.15, 0.2) is 11.5 Å². The average molecular weight is 431 g/mol. The van der Waals surface area contributed by atoms with Crippen molar-refractivity contribution in [1.82, 2.24) is 15.3 Å². The van der Waals surface area contributed by atoms with E-state index in [1.54, 1.807) is 12.1 Å². The van der Waals surface area contributed by atoms with Crippen LogP contribution in [0.25, 0.3) is 6.08 Å². The Kier molecular flexibility index (Phi) is 7.20. The first kappa shape index (κ1) is 21.5. The van der Waals surface area contributed by atoms with Gasteiger partial charge < -0.3 is 14.8 Å². The first-order chi connectivity index (χ1) is 14.5. The van der Waals surface area contributed by atoms with Crippen LogP contribution in [0, 0.1) is 17.1 Å². The zero-order valence-electron chi connectivity index (χ0n) is 16.3. The topological polar surface area (TPSA) is 97.1 Å². The van der Waals surface area contributed by atoms with E-state index in [0.29, 0.717) is 11.3 Å². The lowest BCUT2D eigenvalue weighted by Gasteiger charge is -2.22. The minimum absolute atomic E-state index is 0.0343. The molecule has 0 aliphatic heterocycles. The number of hydrogen-bond donors (Lipinski definition) is 1. The van der Waals surface area contributed by atoms with Gasteiger partial charge in [0.25, 0.3) is 11.8 Å². The second-order valence-electron chi connectivity index (χ2n) is 6.78. The van der Waals surface area contributed by atoms with E-state index in [4.69, 9.17) is 21.1 Å². The molecule has 1 amide bonds. The molecular formula is C21H20ClFN4O3. The largest absolute Gasteiger partial charge is 0.493 e. The fourth-order valence-corrected chi connectivity index (χ4v) is 3.32. The third-order valence-electron chi connectivity index (χ3n) is 4.69. The number of hydrogen-bond acceptors (Lipinski definition) is 6. The van der Waals surface area contributed by atoms with Crippen LogP contribution in [0.5, 0.6) is 17.4 Å². The van der Waals surface area contributed by atoms with Gasteiger partial charge in [0.2, 0.25) is 11.1 Å². The van der Waals surface area contributed by atoms with Gasteiger partial charge in [-0.2, -0.15) is 14.6 Å². The standard InChI is InChI=1S/C21H20ClFN4O3/c1-29-17-8-7-13(10-18(17)30-20-16(23)12-25-21(22)27-20)9-14(11-24)19(28)26-15-5-3-2-4-6-15/h7-10,12,15H,2-6H2,1H3,(H,26,28)/b14-9+. The Morgan fingerprint density at radius 1 is 1.33 bits per heavy atom. The second-order valence-corrected chi connectivity index (χ2v) is 7.12. The van der Waals surface area contributed by atoms with E-state index in [2.05, 4.69) is 15.3 Å². The molecule has 0 spiro atoms. The van der Waals surface area contributed by atoms with E-state index in [1.165, 1.54) is 25.7 Å². The highest BCUT2D eigenvalue weighted by atomic mass is 35.5. The Balaban J connectivity index is 1.84. The Morgan fingerprint density at radius 3 is 2.80 bits per heavy atom. The molecule has 2 aromatic rings. The van der Waals surface area contributed by atoms with Crippen molar-refractivity contribution in [2.75, 3.05) is 7.11 Å². The van der Waals surface area contributed by atoms with Crippen molar-refractivity contribution < 1.29 is 18.7 Å². The van der Waals surface area contributed by atoms with Crippen LogP contribution in [-0.4, -0.2) is 29.0 Å². The third-order valence-corrected chi connectivity index (χ3v) is 4.88. The number of nitriles is 1. The Labute approximate surface area is 178 Å². The summed E-state index contributed by atoms with van der Waals surface area (Å²) in [6.07, 6.45) is 7.47. The summed E-state index contributed by atoms with van der Waals surface area (Å²) in [7, 11) is 1.43. The highest BCUT2D eigenvalue weighted by Gasteiger charge is 2.19. The molecule has 1 aromatic heterocycles. The molecule has 0 saturated heterocycles. The molecule has 0 radical (unpaired) electrons. The van der Waals surface area contributed by atoms with E-state index < -0.39 is 11.7 Å². The number of ether oxygens (including phenoxy) is 2. The smallest absolute Gasteiger partial charge is 0.262 e. The van der Waals surface area contributed by atoms with Crippen LogP contribution < -0.4 is 14.8 Å². The van der Waals surface area contributed by atoms with Gasteiger partial charge in [-0.05, 0) is 48.2 Å². The van der Waals surface area contributed by atoms with E-state index in [1.807, 2.05) is 6.07 Å². The predicted octanol–water partition coefficient (Wildman–Crippen LogP) is 4.43. The van der Waals surface area contributed by atoms with Crippen LogP contribution in [0.15, 0.2) is 30.0 Å². The number of halogens is 2. The number of methoxy groups -OCH3 is 1. The van der Waals surface area contributed by atoms with Gasteiger partial charge in [-0.3, -0.25) is 4.79 Å². The van der Waals surface area contributed by atoms with Crippen LogP contribution in [0.4, 0.5) is 4.39 Å². The summed E-state index contributed by atoms with van der Waals surface area (Å²) in [5.74, 6) is -1.13. The van der Waals surface area contributed by atoms with Crippen LogP contribution in [0.1, 0.15) is 37.7 Å². The minimum Gasteiger partial charge on any atom is -0.493 e. The SMILES string of the molecule is COc1ccc(/C=C(\C#N)C(=O)NC2CCCCC2)cc1Oc1nc(Cl)ncc1F. The number of amides is 1. The van der Waals surface area contributed by atoms with Gasteiger partial charge in [-0.15, -0.1) is 0 Å². The molecule has 0 atom stereocenters. The molecule has 0 unspecified atom stereocenters. The van der Waals surface area contributed by atoms with Gasteiger partial charge in [0.05, 0.1) is 13.3 Å². The number of rotatable bonds is 6. The quantitative estimate of drug-likeness (QED) is 0.413. The summed E-state index contributed by atoms with van der Waals surface area (Å²) in [6, 6.07) is 6.77. The second kappa shape index (κ2) is 10.0. The number of aromatic nitrogens is 2. The van der Waals surface area contributed by atoms with Gasteiger partial charge in [-0.1, -0.05) is 25.3 Å². The molecule has 1 aromatic carbocycles. The molecular weight excluding hydrogens is 411 g/mol. The first-order valence-corrected chi connectivity index (χ1v) is 9.84. The molecule has 0 bridgehead atoms. The van der Waals surface area contributed by atoms with Crippen molar-refractivity contribution in [2.24, 2.45) is 0 Å². The Morgan fingerprint density at radius 2 is 2.10 bits per heavy atom. The molecule has 156 valence electrons. The lowest BCUT2D eigenvalue weighted by atomic mass is 9.95. The molecule has 1 heterocycles. The van der Waals surface area contributed by atoms with Crippen LogP contribution in [0.2, 0.25) is 5.28 Å². The molecule has 9 heteroatoms. The van der Waals surface area contributed by atoms with Gasteiger partial charge in [-0.25, -0.2) is 4.98 Å². The highest BCUT2D eigenvalue weighted by Crippen LogP contribution is 2.33. The average Bonchev–Trinajstić information content (AvgIpc) is 2.75. The maximum Gasteiger partial charge on any atom is 0.262 e. The normalized spacial score (nSPS) is 14.7. The first-order valence-electron chi connectivity index (χ1n) is 9.46. The number of carbonyl (C=O) groups excluding carboxylic acids is 1. The van der Waals surface area contributed by atoms with E-state index in [-0.39, 0.29) is 28.5 Å². The fraction of sp³-hybridized carbons (Fsp3) is 0.333. The summed E-state index contributed by atoms with van der Waals surface area (Å²) >= 11 is 5.70. The summed E-state index contributed by atoms with van der Waals surface area (Å²) in [6.45, 7) is 0. The molecule has 1 aliphatic carbocycles. The number of benzene rings is 1. The van der Waals surface area contributed by atoms with Crippen molar-refractivity contribution in [1.29, 1.82) is 5.26 Å². The monoisotopic (exact) mass is 430 g/mol. The molecule has 1 saturated carbocycles. The number of carbonyl (C=O) groups is 1. The summed E-state index contributed by atoms with van der Waals surface area (Å²) in [4.78, 5) is 19.7. The van der Waals surface area contributed by atoms with Gasteiger partial charge in [0, 0.05) is 6.04 Å². The molecule has 30 heavy (non-hydrogen) atoms. The van der Waals surface area contributed by atoms with Crippen molar-refractivity contribution in [3.05, 3.63) is 46.6 Å². The lowest BCUT2D eigenvalue weighted by Crippen LogP contribution is -2.36. The Hall–Kier alpha value is -3.18. The highest BCUT2D eigenvalue weighted by molar-refractivity contribution is 6.28. The van der Waals surface area contributed by atoms with E-state index in [0.717, 1.165) is 31.9 Å². The predicted molar refractivity (Wildman–Crippen MR) is 109 cm³/mol.